The van der Waals surface area contributed by atoms with Gasteiger partial charge in [0.2, 0.25) is 0 Å². The fourth-order valence-electron chi connectivity index (χ4n) is 1.66. The lowest BCUT2D eigenvalue weighted by Crippen LogP contribution is -2.55. The zero-order valence-electron chi connectivity index (χ0n) is 8.36. The van der Waals surface area contributed by atoms with Crippen molar-refractivity contribution in [2.45, 2.75) is 26.3 Å². The summed E-state index contributed by atoms with van der Waals surface area (Å²) in [6, 6.07) is 0.234. The molecule has 0 aromatic carbocycles. The molecule has 13 heavy (non-hydrogen) atoms. The van der Waals surface area contributed by atoms with Gasteiger partial charge < -0.3 is 14.9 Å². The third-order valence-corrected chi connectivity index (χ3v) is 2.75. The third-order valence-electron chi connectivity index (χ3n) is 2.75. The molecule has 1 fully saturated rings. The second kappa shape index (κ2) is 4.46. The number of amides is 1. The normalized spacial score (nSPS) is 21.8. The highest BCUT2D eigenvalue weighted by molar-refractivity contribution is 5.66. The number of hydrogen-bond donors (Lipinski definition) is 1. The molecular weight excluding hydrogens is 168 g/mol. The molecule has 0 spiro atoms. The molecule has 1 amide bonds. The zero-order valence-corrected chi connectivity index (χ0v) is 8.36. The number of rotatable bonds is 4. The van der Waals surface area contributed by atoms with E-state index in [2.05, 4.69) is 18.7 Å². The van der Waals surface area contributed by atoms with Crippen LogP contribution in [0.3, 0.4) is 0 Å². The van der Waals surface area contributed by atoms with Crippen molar-refractivity contribution < 1.29 is 9.90 Å². The molecule has 0 aromatic rings. The molecule has 1 heterocycles. The van der Waals surface area contributed by atoms with E-state index in [0.717, 1.165) is 26.1 Å². The lowest BCUT2D eigenvalue weighted by Gasteiger charge is -2.41. The molecule has 0 aromatic heterocycles. The average molecular weight is 186 g/mol. The van der Waals surface area contributed by atoms with Crippen molar-refractivity contribution >= 4 is 6.09 Å². The molecule has 4 nitrogen and oxygen atoms in total. The first-order valence-corrected chi connectivity index (χ1v) is 4.91. The van der Waals surface area contributed by atoms with Crippen molar-refractivity contribution in [3.05, 3.63) is 0 Å². The second-order valence-corrected chi connectivity index (χ2v) is 3.40. The number of nitrogens with zero attached hydrogens (tertiary/aromatic N) is 2. The van der Waals surface area contributed by atoms with Crippen molar-refractivity contribution in [2.75, 3.05) is 26.2 Å². The van der Waals surface area contributed by atoms with Crippen molar-refractivity contribution in [1.29, 1.82) is 0 Å². The molecule has 1 saturated heterocycles. The molecule has 1 atom stereocenters. The molecule has 4 heteroatoms. The van der Waals surface area contributed by atoms with Gasteiger partial charge in [0, 0.05) is 19.1 Å². The first-order valence-electron chi connectivity index (χ1n) is 4.91. The lowest BCUT2D eigenvalue weighted by molar-refractivity contribution is 0.0560. The van der Waals surface area contributed by atoms with Gasteiger partial charge in [-0.3, -0.25) is 0 Å². The standard InChI is InChI=1S/C9H18N2O2/c1-3-10(4-2)7-8-5-6-11(8)9(12)13/h8H,3-7H2,1-2H3,(H,12,13)/t8-/m0/s1. The summed E-state index contributed by atoms with van der Waals surface area (Å²) in [6.07, 6.45) is 0.242. The van der Waals surface area contributed by atoms with Crippen LogP contribution in [0.4, 0.5) is 4.79 Å². The predicted octanol–water partition coefficient (Wildman–Crippen LogP) is 1.08. The number of likely N-dealkylation sites (tertiary alicyclic amines) is 1. The van der Waals surface area contributed by atoms with Crippen LogP contribution in [0, 0.1) is 0 Å². The van der Waals surface area contributed by atoms with Gasteiger partial charge in [0.15, 0.2) is 0 Å². The Morgan fingerprint density at radius 2 is 2.15 bits per heavy atom. The Morgan fingerprint density at radius 3 is 2.46 bits per heavy atom. The Kier molecular flexibility index (Phi) is 3.54. The minimum absolute atomic E-state index is 0.234. The minimum Gasteiger partial charge on any atom is -0.465 e. The number of carbonyl (C=O) groups is 1. The summed E-state index contributed by atoms with van der Waals surface area (Å²) in [5.74, 6) is 0. The first kappa shape index (κ1) is 10.3. The van der Waals surface area contributed by atoms with Crippen LogP contribution in [0.15, 0.2) is 0 Å². The summed E-state index contributed by atoms with van der Waals surface area (Å²) in [5.41, 5.74) is 0. The second-order valence-electron chi connectivity index (χ2n) is 3.40. The minimum atomic E-state index is -0.775. The van der Waals surface area contributed by atoms with Crippen molar-refractivity contribution in [2.24, 2.45) is 0 Å². The molecule has 1 N–H and O–H groups in total. The molecule has 0 radical (unpaired) electrons. The highest BCUT2D eigenvalue weighted by Crippen LogP contribution is 2.18. The third kappa shape index (κ3) is 2.34. The summed E-state index contributed by atoms with van der Waals surface area (Å²) in [6.45, 7) is 7.81. The van der Waals surface area contributed by atoms with E-state index in [1.54, 1.807) is 0 Å². The van der Waals surface area contributed by atoms with Gasteiger partial charge in [-0.05, 0) is 19.5 Å². The summed E-state index contributed by atoms with van der Waals surface area (Å²) >= 11 is 0. The fourth-order valence-corrected chi connectivity index (χ4v) is 1.66. The maximum absolute atomic E-state index is 10.7. The molecule has 1 aliphatic heterocycles. The summed E-state index contributed by atoms with van der Waals surface area (Å²) in [7, 11) is 0. The van der Waals surface area contributed by atoms with Crippen LogP contribution in [0.25, 0.3) is 0 Å². The Bertz CT molecular complexity index is 180. The van der Waals surface area contributed by atoms with Crippen LogP contribution in [-0.4, -0.2) is 53.2 Å². The Hall–Kier alpha value is -0.770. The van der Waals surface area contributed by atoms with Gasteiger partial charge in [0.05, 0.1) is 0 Å². The molecule has 0 saturated carbocycles. The predicted molar refractivity (Wildman–Crippen MR) is 50.9 cm³/mol. The van der Waals surface area contributed by atoms with E-state index in [0.29, 0.717) is 6.54 Å². The maximum Gasteiger partial charge on any atom is 0.407 e. The van der Waals surface area contributed by atoms with Gasteiger partial charge >= 0.3 is 6.09 Å². The monoisotopic (exact) mass is 186 g/mol. The van der Waals surface area contributed by atoms with E-state index in [1.165, 1.54) is 4.90 Å². The van der Waals surface area contributed by atoms with Crippen LogP contribution in [0.5, 0.6) is 0 Å². The van der Waals surface area contributed by atoms with E-state index in [1.807, 2.05) is 0 Å². The lowest BCUT2D eigenvalue weighted by atomic mass is 10.0. The van der Waals surface area contributed by atoms with Crippen LogP contribution >= 0.6 is 0 Å². The summed E-state index contributed by atoms with van der Waals surface area (Å²) in [5, 5.41) is 8.77. The van der Waals surface area contributed by atoms with E-state index in [4.69, 9.17) is 5.11 Å². The van der Waals surface area contributed by atoms with Crippen LogP contribution < -0.4 is 0 Å². The number of hydrogen-bond acceptors (Lipinski definition) is 2. The Morgan fingerprint density at radius 1 is 1.54 bits per heavy atom. The zero-order chi connectivity index (χ0) is 9.84. The van der Waals surface area contributed by atoms with E-state index >= 15 is 0 Å². The van der Waals surface area contributed by atoms with Gasteiger partial charge in [0.1, 0.15) is 0 Å². The summed E-state index contributed by atoms with van der Waals surface area (Å²) < 4.78 is 0. The number of likely N-dealkylation sites (N-methyl/N-ethyl adjacent to an activating group) is 1. The smallest absolute Gasteiger partial charge is 0.407 e. The van der Waals surface area contributed by atoms with Gasteiger partial charge in [-0.15, -0.1) is 0 Å². The summed E-state index contributed by atoms with van der Waals surface area (Å²) in [4.78, 5) is 14.4. The van der Waals surface area contributed by atoms with E-state index in [9.17, 15) is 4.79 Å². The van der Waals surface area contributed by atoms with Gasteiger partial charge in [-0.25, -0.2) is 4.79 Å². The van der Waals surface area contributed by atoms with Crippen molar-refractivity contribution in [1.82, 2.24) is 9.80 Å². The SMILES string of the molecule is CCN(CC)C[C@@H]1CCN1C(=O)O. The van der Waals surface area contributed by atoms with Crippen molar-refractivity contribution in [3.63, 3.8) is 0 Å². The molecule has 0 aliphatic carbocycles. The van der Waals surface area contributed by atoms with Crippen LogP contribution in [0.2, 0.25) is 0 Å². The van der Waals surface area contributed by atoms with Gasteiger partial charge in [-0.1, -0.05) is 13.8 Å². The first-order chi connectivity index (χ1) is 6.19. The molecule has 1 rings (SSSR count). The van der Waals surface area contributed by atoms with E-state index < -0.39 is 6.09 Å². The topological polar surface area (TPSA) is 43.8 Å². The molecule has 0 bridgehead atoms. The molecule has 0 unspecified atom stereocenters. The van der Waals surface area contributed by atoms with Crippen LogP contribution in [0.1, 0.15) is 20.3 Å². The molecule has 1 aliphatic rings. The Balaban J connectivity index is 2.32. The quantitative estimate of drug-likeness (QED) is 0.714. The molecular formula is C9H18N2O2. The largest absolute Gasteiger partial charge is 0.465 e. The van der Waals surface area contributed by atoms with E-state index in [-0.39, 0.29) is 6.04 Å². The highest BCUT2D eigenvalue weighted by atomic mass is 16.4. The molecule has 76 valence electrons. The van der Waals surface area contributed by atoms with Crippen LogP contribution in [-0.2, 0) is 0 Å². The average Bonchev–Trinajstić information content (AvgIpc) is 2.03. The fraction of sp³-hybridized carbons (Fsp3) is 0.889. The highest BCUT2D eigenvalue weighted by Gasteiger charge is 2.32. The maximum atomic E-state index is 10.7. The Labute approximate surface area is 79.1 Å². The van der Waals surface area contributed by atoms with Crippen molar-refractivity contribution in [3.8, 4) is 0 Å². The van der Waals surface area contributed by atoms with Gasteiger partial charge in [0.25, 0.3) is 0 Å². The number of carboxylic acid groups (broad SMARTS) is 1. The van der Waals surface area contributed by atoms with Gasteiger partial charge in [-0.2, -0.15) is 0 Å².